The van der Waals surface area contributed by atoms with E-state index in [2.05, 4.69) is 28.5 Å². The number of rotatable bonds is 21. The topological polar surface area (TPSA) is 82.1 Å². The predicted molar refractivity (Wildman–Crippen MR) is 146 cm³/mol. The molecule has 34 heavy (non-hydrogen) atoms. The second-order valence-corrected chi connectivity index (χ2v) is 13.7. The highest BCUT2D eigenvalue weighted by Crippen LogP contribution is 2.48. The smallest absolute Gasteiger partial charge is 0.316 e. The maximum atomic E-state index is 12.4. The van der Waals surface area contributed by atoms with Crippen molar-refractivity contribution in [1.29, 1.82) is 0 Å². The first-order valence-corrected chi connectivity index (χ1v) is 17.2. The summed E-state index contributed by atoms with van der Waals surface area (Å²) in [5.74, 6) is 2.55. The Balaban J connectivity index is 2.41. The average molecular weight is 541 g/mol. The number of thioether (sulfide) groups is 2. The van der Waals surface area contributed by atoms with Crippen molar-refractivity contribution in [2.75, 3.05) is 18.1 Å². The molecule has 0 aliphatic heterocycles. The first-order chi connectivity index (χ1) is 16.4. The van der Waals surface area contributed by atoms with Crippen LogP contribution in [0.4, 0.5) is 4.79 Å². The van der Waals surface area contributed by atoms with E-state index in [1.165, 1.54) is 88.6 Å². The molecule has 0 radical (unpaired) electrons. The zero-order chi connectivity index (χ0) is 25.1. The van der Waals surface area contributed by atoms with Gasteiger partial charge in [-0.15, -0.1) is 0 Å². The van der Waals surface area contributed by atoms with Crippen LogP contribution < -0.4 is 0 Å². The number of hydrogen-bond acceptors (Lipinski definition) is 7. The molecule has 9 heteroatoms. The van der Waals surface area contributed by atoms with E-state index in [-0.39, 0.29) is 11.9 Å². The third-order valence-corrected chi connectivity index (χ3v) is 10.2. The van der Waals surface area contributed by atoms with Gasteiger partial charge in [0.1, 0.15) is 0 Å². The van der Waals surface area contributed by atoms with E-state index in [4.69, 9.17) is 4.52 Å². The maximum Gasteiger partial charge on any atom is 0.452 e. The van der Waals surface area contributed by atoms with Crippen LogP contribution in [0.25, 0.3) is 0 Å². The summed E-state index contributed by atoms with van der Waals surface area (Å²) in [4.78, 5) is 31.2. The Bertz CT molecular complexity index is 560. The Morgan fingerprint density at radius 1 is 0.971 bits per heavy atom. The highest BCUT2D eigenvalue weighted by Gasteiger charge is 2.38. The predicted octanol–water partition coefficient (Wildman–Crippen LogP) is 8.75. The molecular formula is C25H49O6PS2. The molecule has 1 aliphatic rings. The van der Waals surface area contributed by atoms with Crippen LogP contribution in [-0.2, 0) is 18.9 Å². The van der Waals surface area contributed by atoms with E-state index >= 15 is 0 Å². The van der Waals surface area contributed by atoms with Gasteiger partial charge in [-0.05, 0) is 57.0 Å². The SMILES string of the molecule is CCCCCSCCCCCCCC(SC1CCCCC1)C(C)OP(=O)(O)C(=O)OOCCC. The van der Waals surface area contributed by atoms with E-state index in [1.807, 2.05) is 18.7 Å². The molecule has 1 rings (SSSR count). The second-order valence-electron chi connectivity index (χ2n) is 9.31. The highest BCUT2D eigenvalue weighted by molar-refractivity contribution is 8.00. The summed E-state index contributed by atoms with van der Waals surface area (Å²) in [5, 5.41) is 0.648. The first kappa shape index (κ1) is 32.3. The molecule has 1 aliphatic carbocycles. The van der Waals surface area contributed by atoms with Crippen molar-refractivity contribution in [3.8, 4) is 0 Å². The van der Waals surface area contributed by atoms with Gasteiger partial charge in [0.15, 0.2) is 0 Å². The lowest BCUT2D eigenvalue weighted by atomic mass is 10.0. The molecule has 0 amide bonds. The fraction of sp³-hybridized carbons (Fsp3) is 0.960. The molecule has 3 unspecified atom stereocenters. The summed E-state index contributed by atoms with van der Waals surface area (Å²) in [6.45, 7) is 6.08. The summed E-state index contributed by atoms with van der Waals surface area (Å²) in [5.41, 5.74) is -1.33. The largest absolute Gasteiger partial charge is 0.452 e. The molecule has 1 N–H and O–H groups in total. The third kappa shape index (κ3) is 15.4. The second kappa shape index (κ2) is 20.4. The van der Waals surface area contributed by atoms with Crippen molar-refractivity contribution in [3.63, 3.8) is 0 Å². The summed E-state index contributed by atoms with van der Waals surface area (Å²) in [7, 11) is -4.56. The molecule has 0 aromatic carbocycles. The van der Waals surface area contributed by atoms with Crippen LogP contribution in [0.3, 0.4) is 0 Å². The Labute approximate surface area is 216 Å². The van der Waals surface area contributed by atoms with Gasteiger partial charge in [0, 0.05) is 10.5 Å². The van der Waals surface area contributed by atoms with Gasteiger partial charge in [0.25, 0.3) is 0 Å². The number of hydrogen-bond donors (Lipinski definition) is 1. The van der Waals surface area contributed by atoms with Crippen LogP contribution in [0.5, 0.6) is 0 Å². The number of carbonyl (C=O) groups is 1. The summed E-state index contributed by atoms with van der Waals surface area (Å²) in [6.07, 6.45) is 17.2. The minimum absolute atomic E-state index is 0.0852. The van der Waals surface area contributed by atoms with Crippen LogP contribution in [0.15, 0.2) is 0 Å². The van der Waals surface area contributed by atoms with Gasteiger partial charge in [-0.1, -0.05) is 71.6 Å². The lowest BCUT2D eigenvalue weighted by Crippen LogP contribution is -2.27. The van der Waals surface area contributed by atoms with Crippen molar-refractivity contribution >= 4 is 36.8 Å². The third-order valence-electron chi connectivity index (χ3n) is 6.07. The van der Waals surface area contributed by atoms with E-state index in [1.54, 1.807) is 6.92 Å². The maximum absolute atomic E-state index is 12.4. The van der Waals surface area contributed by atoms with Gasteiger partial charge in [0.2, 0.25) is 0 Å². The van der Waals surface area contributed by atoms with Crippen LogP contribution >= 0.6 is 31.1 Å². The summed E-state index contributed by atoms with van der Waals surface area (Å²) in [6, 6.07) is 0. The lowest BCUT2D eigenvalue weighted by Gasteiger charge is -2.30. The van der Waals surface area contributed by atoms with Gasteiger partial charge < -0.3 is 4.89 Å². The summed E-state index contributed by atoms with van der Waals surface area (Å²) < 4.78 is 17.9. The van der Waals surface area contributed by atoms with Crippen molar-refractivity contribution in [2.45, 2.75) is 134 Å². The summed E-state index contributed by atoms with van der Waals surface area (Å²) >= 11 is 3.97. The molecule has 0 bridgehead atoms. The minimum atomic E-state index is -4.56. The first-order valence-electron chi connectivity index (χ1n) is 13.5. The molecule has 0 saturated heterocycles. The van der Waals surface area contributed by atoms with Crippen molar-refractivity contribution in [3.05, 3.63) is 0 Å². The van der Waals surface area contributed by atoms with Crippen molar-refractivity contribution in [1.82, 2.24) is 0 Å². The van der Waals surface area contributed by atoms with Crippen molar-refractivity contribution < 1.29 is 28.6 Å². The quantitative estimate of drug-likeness (QED) is 0.0669. The van der Waals surface area contributed by atoms with Crippen molar-refractivity contribution in [2.24, 2.45) is 0 Å². The zero-order valence-corrected chi connectivity index (χ0v) is 24.2. The number of carbonyl (C=O) groups excluding carboxylic acids is 1. The van der Waals surface area contributed by atoms with Gasteiger partial charge in [-0.25, -0.2) is 9.36 Å². The lowest BCUT2D eigenvalue weighted by molar-refractivity contribution is -0.231. The van der Waals surface area contributed by atoms with E-state index < -0.39 is 19.4 Å². The Kier molecular flexibility index (Phi) is 19.3. The Morgan fingerprint density at radius 2 is 1.62 bits per heavy atom. The molecular weight excluding hydrogens is 491 g/mol. The zero-order valence-electron chi connectivity index (χ0n) is 21.7. The normalized spacial score (nSPS) is 18.4. The molecule has 202 valence electrons. The molecule has 0 heterocycles. The Hall–Kier alpha value is 0.280. The molecule has 1 fully saturated rings. The van der Waals surface area contributed by atoms with Gasteiger partial charge in [-0.2, -0.15) is 28.4 Å². The fourth-order valence-electron chi connectivity index (χ4n) is 4.06. The molecule has 3 atom stereocenters. The van der Waals surface area contributed by atoms with Crippen LogP contribution in [0.2, 0.25) is 0 Å². The molecule has 6 nitrogen and oxygen atoms in total. The van der Waals surface area contributed by atoms with Gasteiger partial charge in [-0.3, -0.25) is 9.41 Å². The number of unbranched alkanes of at least 4 members (excludes halogenated alkanes) is 6. The van der Waals surface area contributed by atoms with E-state index in [0.717, 1.165) is 12.8 Å². The average Bonchev–Trinajstić information content (AvgIpc) is 2.82. The monoisotopic (exact) mass is 540 g/mol. The van der Waals surface area contributed by atoms with Gasteiger partial charge in [0.05, 0.1) is 12.7 Å². The molecule has 0 aromatic heterocycles. The highest BCUT2D eigenvalue weighted by atomic mass is 32.2. The molecule has 0 spiro atoms. The van der Waals surface area contributed by atoms with Gasteiger partial charge >= 0.3 is 13.3 Å². The fourth-order valence-corrected chi connectivity index (χ4v) is 7.67. The van der Waals surface area contributed by atoms with Crippen LogP contribution in [-0.4, -0.2) is 45.3 Å². The molecule has 0 aromatic rings. The van der Waals surface area contributed by atoms with Crippen LogP contribution in [0, 0.1) is 0 Å². The molecule has 1 saturated carbocycles. The standard InChI is InChI=1S/C25H49O6PS2/c1-4-6-14-20-33-21-15-9-7-8-13-18-24(34-23-16-11-10-12-17-23)22(3)31-32(27,28)25(26)30-29-19-5-2/h22-24H,4-21H2,1-3H3,(H,27,28). The van der Waals surface area contributed by atoms with E-state index in [9.17, 15) is 14.3 Å². The van der Waals surface area contributed by atoms with Crippen LogP contribution in [0.1, 0.15) is 117 Å². The minimum Gasteiger partial charge on any atom is -0.316 e. The Morgan fingerprint density at radius 3 is 2.29 bits per heavy atom. The van der Waals surface area contributed by atoms with E-state index in [0.29, 0.717) is 11.7 Å².